The molecular formula is C7H16ClNO3S2. The van der Waals surface area contributed by atoms with E-state index in [4.69, 9.17) is 11.6 Å². The van der Waals surface area contributed by atoms with Crippen LogP contribution in [0.2, 0.25) is 0 Å². The molecule has 1 atom stereocenters. The Hall–Kier alpha value is 0.350. The van der Waals surface area contributed by atoms with E-state index in [2.05, 4.69) is 4.72 Å². The van der Waals surface area contributed by atoms with Gasteiger partial charge in [-0.15, -0.1) is 11.6 Å². The number of alkyl halides is 1. The Morgan fingerprint density at radius 2 is 2.00 bits per heavy atom. The lowest BCUT2D eigenvalue weighted by Gasteiger charge is -2.04. The summed E-state index contributed by atoms with van der Waals surface area (Å²) in [6.45, 7) is 0.242. The lowest BCUT2D eigenvalue weighted by molar-refractivity contribution is 0.580. The fourth-order valence-electron chi connectivity index (χ4n) is 0.800. The van der Waals surface area contributed by atoms with Crippen LogP contribution in [-0.4, -0.2) is 42.8 Å². The zero-order valence-electron chi connectivity index (χ0n) is 8.16. The van der Waals surface area contributed by atoms with Crippen molar-refractivity contribution in [1.82, 2.24) is 4.72 Å². The number of sulfonamides is 1. The first kappa shape index (κ1) is 14.3. The highest BCUT2D eigenvalue weighted by Gasteiger charge is 2.08. The Balaban J connectivity index is 3.67. The van der Waals surface area contributed by atoms with Gasteiger partial charge in [-0.3, -0.25) is 4.21 Å². The van der Waals surface area contributed by atoms with Crippen molar-refractivity contribution in [2.24, 2.45) is 0 Å². The SMILES string of the molecule is CS(=O)CCNS(=O)(=O)CCCCCl. The molecule has 0 aliphatic heterocycles. The zero-order chi connectivity index (χ0) is 11.0. The predicted octanol–water partition coefficient (Wildman–Crippen LogP) is 0.303. The molecule has 0 fully saturated rings. The summed E-state index contributed by atoms with van der Waals surface area (Å²) in [6, 6.07) is 0. The van der Waals surface area contributed by atoms with Crippen LogP contribution in [0.3, 0.4) is 0 Å². The molecule has 1 N–H and O–H groups in total. The second-order valence-corrected chi connectivity index (χ2v) is 6.75. The Kier molecular flexibility index (Phi) is 7.81. The van der Waals surface area contributed by atoms with Crippen molar-refractivity contribution in [3.63, 3.8) is 0 Å². The standard InChI is InChI=1S/C7H16ClNO3S2/c1-13(10)6-5-9-14(11,12)7-3-2-4-8/h9H,2-7H2,1H3. The van der Waals surface area contributed by atoms with E-state index >= 15 is 0 Å². The molecular weight excluding hydrogens is 246 g/mol. The Bertz CT molecular complexity index is 266. The van der Waals surface area contributed by atoms with Gasteiger partial charge in [-0.1, -0.05) is 0 Å². The maximum atomic E-state index is 11.2. The van der Waals surface area contributed by atoms with Crippen molar-refractivity contribution < 1.29 is 12.6 Å². The lowest BCUT2D eigenvalue weighted by atomic mass is 10.4. The van der Waals surface area contributed by atoms with Gasteiger partial charge in [0.1, 0.15) is 0 Å². The fraction of sp³-hybridized carbons (Fsp3) is 1.00. The van der Waals surface area contributed by atoms with Crippen LogP contribution in [0.15, 0.2) is 0 Å². The quantitative estimate of drug-likeness (QED) is 0.505. The number of rotatable bonds is 8. The van der Waals surface area contributed by atoms with Gasteiger partial charge in [0.15, 0.2) is 0 Å². The highest BCUT2D eigenvalue weighted by Crippen LogP contribution is 1.96. The van der Waals surface area contributed by atoms with Gasteiger partial charge in [0, 0.05) is 35.2 Å². The van der Waals surface area contributed by atoms with E-state index in [1.54, 1.807) is 6.26 Å². The smallest absolute Gasteiger partial charge is 0.211 e. The van der Waals surface area contributed by atoms with Crippen LogP contribution < -0.4 is 4.72 Å². The molecule has 0 radical (unpaired) electrons. The molecule has 86 valence electrons. The number of unbranched alkanes of at least 4 members (excludes halogenated alkanes) is 1. The maximum absolute atomic E-state index is 11.2. The summed E-state index contributed by atoms with van der Waals surface area (Å²) in [5, 5.41) is 0. The molecule has 0 spiro atoms. The van der Waals surface area contributed by atoms with Crippen molar-refractivity contribution in [1.29, 1.82) is 0 Å². The van der Waals surface area contributed by atoms with Gasteiger partial charge in [-0.2, -0.15) is 0 Å². The molecule has 0 saturated heterocycles. The van der Waals surface area contributed by atoms with E-state index in [-0.39, 0.29) is 12.3 Å². The fourth-order valence-corrected chi connectivity index (χ4v) is 2.65. The predicted molar refractivity (Wildman–Crippen MR) is 60.7 cm³/mol. The third-order valence-electron chi connectivity index (χ3n) is 1.51. The van der Waals surface area contributed by atoms with Crippen molar-refractivity contribution in [3.05, 3.63) is 0 Å². The third-order valence-corrected chi connectivity index (χ3v) is 4.02. The lowest BCUT2D eigenvalue weighted by Crippen LogP contribution is -2.29. The number of hydrogen-bond donors (Lipinski definition) is 1. The second-order valence-electron chi connectivity index (χ2n) is 2.89. The average Bonchev–Trinajstić information content (AvgIpc) is 2.03. The molecule has 14 heavy (non-hydrogen) atoms. The number of nitrogens with one attached hydrogen (secondary N) is 1. The molecule has 0 heterocycles. The van der Waals surface area contributed by atoms with Crippen LogP contribution in [0.4, 0.5) is 0 Å². The highest BCUT2D eigenvalue weighted by atomic mass is 35.5. The van der Waals surface area contributed by atoms with Gasteiger partial charge < -0.3 is 0 Å². The summed E-state index contributed by atoms with van der Waals surface area (Å²) in [6.07, 6.45) is 2.80. The number of halogens is 1. The summed E-state index contributed by atoms with van der Waals surface area (Å²) in [7, 11) is -4.15. The monoisotopic (exact) mass is 261 g/mol. The average molecular weight is 262 g/mol. The minimum absolute atomic E-state index is 0.0933. The van der Waals surface area contributed by atoms with Crippen LogP contribution in [0, 0.1) is 0 Å². The normalized spacial score (nSPS) is 14.1. The molecule has 0 aliphatic carbocycles. The molecule has 0 amide bonds. The summed E-state index contributed by atoms with van der Waals surface area (Å²) < 4.78 is 35.5. The van der Waals surface area contributed by atoms with Gasteiger partial charge in [0.05, 0.1) is 5.75 Å². The van der Waals surface area contributed by atoms with Gasteiger partial charge in [0.25, 0.3) is 0 Å². The van der Waals surface area contributed by atoms with Crippen LogP contribution in [0.1, 0.15) is 12.8 Å². The molecule has 1 unspecified atom stereocenters. The molecule has 0 aromatic rings. The minimum Gasteiger partial charge on any atom is -0.260 e. The van der Waals surface area contributed by atoms with E-state index in [0.29, 0.717) is 24.5 Å². The van der Waals surface area contributed by atoms with E-state index in [0.717, 1.165) is 0 Å². The molecule has 7 heteroatoms. The van der Waals surface area contributed by atoms with E-state index in [1.165, 1.54) is 0 Å². The minimum atomic E-state index is -3.19. The topological polar surface area (TPSA) is 63.2 Å². The summed E-state index contributed by atoms with van der Waals surface area (Å²) in [4.78, 5) is 0. The molecule has 0 bridgehead atoms. The van der Waals surface area contributed by atoms with E-state index in [9.17, 15) is 12.6 Å². The summed E-state index contributed by atoms with van der Waals surface area (Å²) in [5.74, 6) is 0.930. The second kappa shape index (κ2) is 7.62. The molecule has 0 rings (SSSR count). The van der Waals surface area contributed by atoms with Crippen molar-refractivity contribution in [3.8, 4) is 0 Å². The first-order chi connectivity index (χ1) is 6.48. The first-order valence-electron chi connectivity index (χ1n) is 4.31. The van der Waals surface area contributed by atoms with Crippen LogP contribution >= 0.6 is 11.6 Å². The van der Waals surface area contributed by atoms with Crippen molar-refractivity contribution in [2.45, 2.75) is 12.8 Å². The first-order valence-corrected chi connectivity index (χ1v) is 8.22. The van der Waals surface area contributed by atoms with Gasteiger partial charge in [-0.25, -0.2) is 13.1 Å². The Labute approximate surface area is 92.9 Å². The van der Waals surface area contributed by atoms with Gasteiger partial charge >= 0.3 is 0 Å². The molecule has 0 saturated carbocycles. The van der Waals surface area contributed by atoms with Crippen molar-refractivity contribution >= 4 is 32.4 Å². The van der Waals surface area contributed by atoms with Gasteiger partial charge in [0.2, 0.25) is 10.0 Å². The molecule has 0 aromatic carbocycles. The van der Waals surface area contributed by atoms with Gasteiger partial charge in [-0.05, 0) is 12.8 Å². The highest BCUT2D eigenvalue weighted by molar-refractivity contribution is 7.89. The third kappa shape index (κ3) is 8.93. The number of hydrogen-bond acceptors (Lipinski definition) is 3. The summed E-state index contributed by atoms with van der Waals surface area (Å²) >= 11 is 5.42. The van der Waals surface area contributed by atoms with E-state index < -0.39 is 20.8 Å². The van der Waals surface area contributed by atoms with Crippen LogP contribution in [-0.2, 0) is 20.8 Å². The maximum Gasteiger partial charge on any atom is 0.211 e. The molecule has 4 nitrogen and oxygen atoms in total. The van der Waals surface area contributed by atoms with Crippen LogP contribution in [0.5, 0.6) is 0 Å². The molecule has 0 aliphatic rings. The Morgan fingerprint density at radius 1 is 1.36 bits per heavy atom. The summed E-state index contributed by atoms with van der Waals surface area (Å²) in [5.41, 5.74) is 0. The molecule has 0 aromatic heterocycles. The van der Waals surface area contributed by atoms with Crippen LogP contribution in [0.25, 0.3) is 0 Å². The largest absolute Gasteiger partial charge is 0.260 e. The Morgan fingerprint density at radius 3 is 2.50 bits per heavy atom. The zero-order valence-corrected chi connectivity index (χ0v) is 10.6. The van der Waals surface area contributed by atoms with Crippen molar-refractivity contribution in [2.75, 3.05) is 30.2 Å². The van der Waals surface area contributed by atoms with E-state index in [1.807, 2.05) is 0 Å².